The zero-order valence-corrected chi connectivity index (χ0v) is 30.2. The molecule has 23 heteroatoms. The summed E-state index contributed by atoms with van der Waals surface area (Å²) in [6.07, 6.45) is -3.87. The van der Waals surface area contributed by atoms with Crippen molar-refractivity contribution in [2.45, 2.75) is 68.6 Å². The van der Waals surface area contributed by atoms with Gasteiger partial charge in [0.05, 0.1) is 83.5 Å². The first-order valence-electron chi connectivity index (χ1n) is 16.8. The van der Waals surface area contributed by atoms with Gasteiger partial charge in [-0.1, -0.05) is 12.1 Å². The number of carbonyl (C=O) groups excluding carboxylic acids is 4. The van der Waals surface area contributed by atoms with Crippen LogP contribution in [0.25, 0.3) is 0 Å². The van der Waals surface area contributed by atoms with E-state index in [4.69, 9.17) is 48.0 Å². The van der Waals surface area contributed by atoms with Crippen LogP contribution in [0.4, 0.5) is 0 Å². The van der Waals surface area contributed by atoms with Crippen LogP contribution < -0.4 is 10.6 Å². The highest BCUT2D eigenvalue weighted by Crippen LogP contribution is 2.19. The van der Waals surface area contributed by atoms with Crippen molar-refractivity contribution in [1.82, 2.24) is 10.6 Å². The number of rotatable bonds is 23. The summed E-state index contributed by atoms with van der Waals surface area (Å²) in [6, 6.07) is 7.16. The molecule has 2 aromatic rings. The Morgan fingerprint density at radius 3 is 1.81 bits per heavy atom. The molecular weight excluding hydrogens is 741 g/mol. The second-order valence-electron chi connectivity index (χ2n) is 12.2. The summed E-state index contributed by atoms with van der Waals surface area (Å²) in [6.45, 7) is -1.17. The summed E-state index contributed by atoms with van der Waals surface area (Å²) < 4.78 is 39.5. The second kappa shape index (κ2) is 22.1. The Hall–Kier alpha value is -3.38. The van der Waals surface area contributed by atoms with Crippen molar-refractivity contribution in [3.63, 3.8) is 0 Å². The molecule has 288 valence electrons. The molecule has 0 spiro atoms. The molecular formula is C30H41B3N2O16S2. The van der Waals surface area contributed by atoms with Gasteiger partial charge in [-0.15, -0.1) is 22.7 Å². The molecule has 2 amide bonds. The molecule has 18 nitrogen and oxygen atoms in total. The maximum Gasteiger partial charge on any atom is 0.554 e. The van der Waals surface area contributed by atoms with E-state index in [9.17, 15) is 29.1 Å². The van der Waals surface area contributed by atoms with Gasteiger partial charge in [0.15, 0.2) is 0 Å². The molecule has 2 saturated heterocycles. The lowest BCUT2D eigenvalue weighted by atomic mass is 9.76. The van der Waals surface area contributed by atoms with E-state index < -0.39 is 87.7 Å². The van der Waals surface area contributed by atoms with E-state index in [1.54, 1.807) is 24.3 Å². The van der Waals surface area contributed by atoms with Gasteiger partial charge in [0, 0.05) is 22.7 Å². The first-order valence-corrected chi connectivity index (χ1v) is 18.5. The summed E-state index contributed by atoms with van der Waals surface area (Å²) in [5.74, 6) is -5.39. The monoisotopic (exact) mass is 782 g/mol. The SMILES string of the molecule is O=C(O)CC(O)COCC(NC(=O)Cc1cccs1)B1OC(=O)CC(COCC(NC(=O)Cc2cccs2)B2OC(=O)CC(COCCB(O)O)O2)O1. The maximum absolute atomic E-state index is 13.0. The average molecular weight is 782 g/mol. The van der Waals surface area contributed by atoms with Gasteiger partial charge < -0.3 is 63.7 Å². The van der Waals surface area contributed by atoms with Gasteiger partial charge in [-0.05, 0) is 22.9 Å². The molecule has 0 bridgehead atoms. The highest BCUT2D eigenvalue weighted by atomic mass is 32.1. The number of thiophene rings is 2. The van der Waals surface area contributed by atoms with Gasteiger partial charge in [-0.25, -0.2) is 0 Å². The molecule has 2 aliphatic rings. The third-order valence-corrected chi connectivity index (χ3v) is 9.31. The van der Waals surface area contributed by atoms with Crippen LogP contribution in [0, 0.1) is 0 Å². The van der Waals surface area contributed by atoms with Crippen LogP contribution in [0.1, 0.15) is 29.0 Å². The molecule has 0 aromatic carbocycles. The summed E-state index contributed by atoms with van der Waals surface area (Å²) in [5.41, 5.74) is 0. The predicted molar refractivity (Wildman–Crippen MR) is 188 cm³/mol. The van der Waals surface area contributed by atoms with Crippen LogP contribution in [0.5, 0.6) is 0 Å². The van der Waals surface area contributed by atoms with E-state index in [0.29, 0.717) is 0 Å². The van der Waals surface area contributed by atoms with E-state index in [-0.39, 0.29) is 71.6 Å². The zero-order chi connectivity index (χ0) is 38.2. The number of aliphatic hydroxyl groups excluding tert-OH is 1. The molecule has 4 heterocycles. The van der Waals surface area contributed by atoms with Gasteiger partial charge in [0.25, 0.3) is 11.9 Å². The lowest BCUT2D eigenvalue weighted by molar-refractivity contribution is -0.147. The number of aliphatic carboxylic acids is 1. The normalized spacial score (nSPS) is 19.2. The molecule has 0 saturated carbocycles. The van der Waals surface area contributed by atoms with Crippen molar-refractivity contribution in [1.29, 1.82) is 0 Å². The second-order valence-corrected chi connectivity index (χ2v) is 14.2. The van der Waals surface area contributed by atoms with E-state index >= 15 is 0 Å². The number of amides is 2. The predicted octanol–water partition coefficient (Wildman–Crippen LogP) is -1.36. The molecule has 2 aliphatic heterocycles. The number of carbonyl (C=O) groups is 5. The van der Waals surface area contributed by atoms with Crippen molar-refractivity contribution >= 4 is 73.8 Å². The third kappa shape index (κ3) is 15.9. The number of carboxylic acid groups (broad SMARTS) is 1. The standard InChI is InChI=1S/C30H41B3N2O16S2/c36-19(9-28(39)40)14-46-17-24(34-26(37)12-22-3-1-7-52-22)32-49-21(11-30(42)51-32)16-47-18-25(35-27(38)13-23-4-2-8-53-23)33-48-20(10-29(41)50-33)15-45-6-5-31(43)44/h1-4,7-8,19-21,24-25,36,43-44H,5-6,9-18H2,(H,34,37)(H,35,38)(H,39,40). The van der Waals surface area contributed by atoms with Crippen molar-refractivity contribution in [2.24, 2.45) is 0 Å². The lowest BCUT2D eigenvalue weighted by Crippen LogP contribution is -2.58. The van der Waals surface area contributed by atoms with Crippen LogP contribution in [0.3, 0.4) is 0 Å². The van der Waals surface area contributed by atoms with Crippen LogP contribution >= 0.6 is 22.7 Å². The third-order valence-electron chi connectivity index (χ3n) is 7.56. The number of aliphatic hydroxyl groups is 1. The first kappa shape index (κ1) is 42.4. The van der Waals surface area contributed by atoms with Gasteiger partial charge in [0.2, 0.25) is 11.8 Å². The largest absolute Gasteiger partial charge is 0.554 e. The quantitative estimate of drug-likeness (QED) is 0.0563. The number of nitrogens with one attached hydrogen (secondary N) is 2. The molecule has 6 N–H and O–H groups in total. The smallest absolute Gasteiger partial charge is 0.508 e. The molecule has 0 radical (unpaired) electrons. The number of ether oxygens (including phenoxy) is 3. The van der Waals surface area contributed by atoms with Crippen molar-refractivity contribution < 1.29 is 77.1 Å². The fourth-order valence-corrected chi connectivity index (χ4v) is 6.57. The summed E-state index contributed by atoms with van der Waals surface area (Å²) in [4.78, 5) is 63.6. The average Bonchev–Trinajstić information content (AvgIpc) is 3.80. The Balaban J connectivity index is 1.38. The van der Waals surface area contributed by atoms with E-state index in [1.807, 2.05) is 10.8 Å². The van der Waals surface area contributed by atoms with Crippen LogP contribution in [0.2, 0.25) is 6.32 Å². The zero-order valence-electron chi connectivity index (χ0n) is 28.6. The van der Waals surface area contributed by atoms with Gasteiger partial charge >= 0.3 is 27.3 Å². The minimum atomic E-state index is -1.55. The minimum absolute atomic E-state index is 0.00409. The minimum Gasteiger partial charge on any atom is -0.508 e. The van der Waals surface area contributed by atoms with Gasteiger partial charge in [0.1, 0.15) is 11.9 Å². The van der Waals surface area contributed by atoms with Crippen molar-refractivity contribution in [3.05, 3.63) is 44.8 Å². The summed E-state index contributed by atoms with van der Waals surface area (Å²) >= 11 is 2.76. The molecule has 4 rings (SSSR count). The molecule has 0 aliphatic carbocycles. The van der Waals surface area contributed by atoms with Crippen molar-refractivity contribution in [3.8, 4) is 0 Å². The van der Waals surface area contributed by atoms with Crippen LogP contribution in [0.15, 0.2) is 35.0 Å². The number of hydrogen-bond acceptors (Lipinski definition) is 17. The highest BCUT2D eigenvalue weighted by Gasteiger charge is 2.44. The molecule has 2 aromatic heterocycles. The van der Waals surface area contributed by atoms with Crippen LogP contribution in [-0.4, -0.2) is 141 Å². The Bertz CT molecular complexity index is 1460. The molecule has 5 unspecified atom stereocenters. The van der Waals surface area contributed by atoms with E-state index in [0.717, 1.165) is 9.75 Å². The Kier molecular flexibility index (Phi) is 17.7. The Labute approximate surface area is 313 Å². The number of carboxylic acids is 1. The van der Waals surface area contributed by atoms with Crippen LogP contribution in [-0.2, 0) is 69.6 Å². The Morgan fingerprint density at radius 1 is 0.830 bits per heavy atom. The Morgan fingerprint density at radius 2 is 1.34 bits per heavy atom. The molecule has 5 atom stereocenters. The van der Waals surface area contributed by atoms with Gasteiger partial charge in [-0.3, -0.25) is 24.0 Å². The van der Waals surface area contributed by atoms with E-state index in [2.05, 4.69) is 10.6 Å². The highest BCUT2D eigenvalue weighted by molar-refractivity contribution is 7.10. The summed E-state index contributed by atoms with van der Waals surface area (Å²) in [7, 11) is -4.17. The first-order chi connectivity index (χ1) is 25.4. The maximum atomic E-state index is 13.0. The molecule has 2 fully saturated rings. The lowest BCUT2D eigenvalue weighted by Gasteiger charge is -2.33. The number of hydrogen-bond donors (Lipinski definition) is 6. The summed E-state index contributed by atoms with van der Waals surface area (Å²) in [5, 5.41) is 46.1. The fraction of sp³-hybridized carbons (Fsp3) is 0.567. The topological polar surface area (TPSA) is 255 Å². The molecule has 53 heavy (non-hydrogen) atoms. The van der Waals surface area contributed by atoms with Crippen molar-refractivity contribution in [2.75, 3.05) is 39.6 Å². The van der Waals surface area contributed by atoms with E-state index in [1.165, 1.54) is 22.7 Å². The van der Waals surface area contributed by atoms with Gasteiger partial charge in [-0.2, -0.15) is 0 Å². The fourth-order valence-electron chi connectivity index (χ4n) is 5.17.